The number of hydrogen-bond donors (Lipinski definition) is 2. The summed E-state index contributed by atoms with van der Waals surface area (Å²) in [5.74, 6) is -0.204. The summed E-state index contributed by atoms with van der Waals surface area (Å²) in [5, 5.41) is 13.9. The maximum absolute atomic E-state index is 13.0. The van der Waals surface area contributed by atoms with Crippen molar-refractivity contribution in [3.8, 4) is 0 Å². The van der Waals surface area contributed by atoms with E-state index in [1.54, 1.807) is 6.08 Å². The van der Waals surface area contributed by atoms with E-state index < -0.39 is 26.6 Å². The molecule has 0 heterocycles. The topological polar surface area (TPSA) is 108 Å². The van der Waals surface area contributed by atoms with Gasteiger partial charge in [0.2, 0.25) is 5.91 Å². The van der Waals surface area contributed by atoms with Gasteiger partial charge < -0.3 is 28.8 Å². The predicted molar refractivity (Wildman–Crippen MR) is 339 cm³/mol. The zero-order valence-electron chi connectivity index (χ0n) is 52.9. The number of aliphatic hydroxyl groups excluding tert-OH is 1. The van der Waals surface area contributed by atoms with Crippen LogP contribution in [0.15, 0.2) is 36.5 Å². The lowest BCUT2D eigenvalue weighted by atomic mass is 10.0. The van der Waals surface area contributed by atoms with E-state index in [1.165, 1.54) is 283 Å². The Hall–Kier alpha value is -1.28. The quantitative estimate of drug-likeness (QED) is 0.0272. The second kappa shape index (κ2) is 60.3. The Morgan fingerprint density at radius 3 is 1.04 bits per heavy atom. The number of amides is 1. The first-order valence-electron chi connectivity index (χ1n) is 34.4. The molecule has 8 nitrogen and oxygen atoms in total. The van der Waals surface area contributed by atoms with Crippen LogP contribution < -0.4 is 10.2 Å². The Morgan fingerprint density at radius 1 is 0.436 bits per heavy atom. The lowest BCUT2D eigenvalue weighted by Gasteiger charge is -2.29. The largest absolute Gasteiger partial charge is 0.756 e. The highest BCUT2D eigenvalue weighted by molar-refractivity contribution is 7.45. The summed E-state index contributed by atoms with van der Waals surface area (Å²) in [5.41, 5.74) is 0. The number of carbonyl (C=O) groups is 1. The molecule has 0 radical (unpaired) electrons. The third-order valence-corrected chi connectivity index (χ3v) is 16.8. The lowest BCUT2D eigenvalue weighted by Crippen LogP contribution is -2.45. The van der Waals surface area contributed by atoms with Gasteiger partial charge in [0, 0.05) is 6.42 Å². The molecule has 462 valence electrons. The first-order valence-corrected chi connectivity index (χ1v) is 35.8. The van der Waals surface area contributed by atoms with Crippen LogP contribution in [0.3, 0.4) is 0 Å². The number of nitrogens with zero attached hydrogens (tertiary/aromatic N) is 1. The standard InChI is InChI=1S/C69H135N2O6P/c1-6-8-10-12-14-16-18-20-22-24-26-28-30-32-33-34-35-36-37-38-39-40-42-44-46-48-50-52-54-56-58-60-62-68(72)67(66-77-78(74,75)76-65-64-71(3,4)5)70-69(73)63-61-59-57-55-53-51-49-47-45-43-41-31-29-27-25-23-21-19-17-15-13-11-9-7-2/h44,46,52,54,60,62,67-68,72H,6-43,45,47-51,53,55-59,61,63-66H2,1-5H3,(H-,70,73,74,75)/b46-44+,54-52+,62-60+. The minimum absolute atomic E-state index is 0.00711. The molecule has 2 N–H and O–H groups in total. The molecule has 0 spiro atoms. The molecule has 0 aromatic heterocycles. The van der Waals surface area contributed by atoms with Gasteiger partial charge in [-0.25, -0.2) is 0 Å². The average Bonchev–Trinajstić information content (AvgIpc) is 3.41. The zero-order chi connectivity index (χ0) is 57.0. The zero-order valence-corrected chi connectivity index (χ0v) is 53.8. The fourth-order valence-corrected chi connectivity index (χ4v) is 11.2. The van der Waals surface area contributed by atoms with Gasteiger partial charge in [-0.05, 0) is 44.9 Å². The van der Waals surface area contributed by atoms with E-state index in [-0.39, 0.29) is 12.5 Å². The molecule has 0 fully saturated rings. The van der Waals surface area contributed by atoms with Crippen molar-refractivity contribution in [3.63, 3.8) is 0 Å². The first-order chi connectivity index (χ1) is 38.0. The summed E-state index contributed by atoms with van der Waals surface area (Å²) >= 11 is 0. The molecule has 0 aliphatic rings. The monoisotopic (exact) mass is 1120 g/mol. The highest BCUT2D eigenvalue weighted by atomic mass is 31.2. The predicted octanol–water partition coefficient (Wildman–Crippen LogP) is 21.0. The molecule has 0 aromatic carbocycles. The van der Waals surface area contributed by atoms with Crippen LogP contribution in [-0.2, 0) is 18.4 Å². The number of phosphoric ester groups is 1. The van der Waals surface area contributed by atoms with Crippen LogP contribution in [0.5, 0.6) is 0 Å². The van der Waals surface area contributed by atoms with Gasteiger partial charge in [0.05, 0.1) is 39.9 Å². The van der Waals surface area contributed by atoms with Gasteiger partial charge in [-0.1, -0.05) is 333 Å². The fraction of sp³-hybridized carbons (Fsp3) is 0.899. The van der Waals surface area contributed by atoms with Crippen LogP contribution in [0.2, 0.25) is 0 Å². The molecular weight excluding hydrogens is 984 g/mol. The molecule has 0 saturated carbocycles. The number of unbranched alkanes of at least 4 members (excludes halogenated alkanes) is 47. The van der Waals surface area contributed by atoms with Crippen molar-refractivity contribution in [2.24, 2.45) is 0 Å². The lowest BCUT2D eigenvalue weighted by molar-refractivity contribution is -0.870. The Labute approximate surface area is 487 Å². The van der Waals surface area contributed by atoms with E-state index in [9.17, 15) is 19.4 Å². The maximum Gasteiger partial charge on any atom is 0.268 e. The number of carbonyl (C=O) groups excluding carboxylic acids is 1. The average molecular weight is 1120 g/mol. The van der Waals surface area contributed by atoms with E-state index >= 15 is 0 Å². The van der Waals surface area contributed by atoms with Crippen LogP contribution in [0, 0.1) is 0 Å². The molecule has 0 aromatic rings. The molecule has 0 bridgehead atoms. The van der Waals surface area contributed by atoms with E-state index in [1.807, 2.05) is 27.2 Å². The molecule has 1 amide bonds. The molecule has 0 rings (SSSR count). The molecule has 0 saturated heterocycles. The van der Waals surface area contributed by atoms with Crippen molar-refractivity contribution >= 4 is 13.7 Å². The summed E-state index contributed by atoms with van der Waals surface area (Å²) in [6, 6.07) is -0.909. The number of hydrogen-bond acceptors (Lipinski definition) is 6. The summed E-state index contributed by atoms with van der Waals surface area (Å²) in [7, 11) is 1.25. The molecule has 3 unspecified atom stereocenters. The van der Waals surface area contributed by atoms with Crippen molar-refractivity contribution in [2.75, 3.05) is 40.9 Å². The number of quaternary nitrogens is 1. The molecule has 3 atom stereocenters. The van der Waals surface area contributed by atoms with Gasteiger partial charge in [-0.3, -0.25) is 9.36 Å². The summed E-state index contributed by atoms with van der Waals surface area (Å²) in [6.07, 6.45) is 79.9. The molecule has 78 heavy (non-hydrogen) atoms. The van der Waals surface area contributed by atoms with Crippen LogP contribution in [0.4, 0.5) is 0 Å². The van der Waals surface area contributed by atoms with Gasteiger partial charge in [-0.2, -0.15) is 0 Å². The van der Waals surface area contributed by atoms with Crippen LogP contribution in [0.25, 0.3) is 0 Å². The third kappa shape index (κ3) is 62.3. The smallest absolute Gasteiger partial charge is 0.268 e. The number of phosphoric acid groups is 1. The van der Waals surface area contributed by atoms with E-state index in [2.05, 4.69) is 43.5 Å². The summed E-state index contributed by atoms with van der Waals surface area (Å²) < 4.78 is 23.4. The number of aliphatic hydroxyl groups is 1. The second-order valence-electron chi connectivity index (χ2n) is 24.9. The Morgan fingerprint density at radius 2 is 0.718 bits per heavy atom. The summed E-state index contributed by atoms with van der Waals surface area (Å²) in [4.78, 5) is 25.6. The maximum atomic E-state index is 13.0. The number of allylic oxidation sites excluding steroid dienone is 5. The van der Waals surface area contributed by atoms with Gasteiger partial charge in [0.15, 0.2) is 0 Å². The van der Waals surface area contributed by atoms with E-state index in [4.69, 9.17) is 9.05 Å². The van der Waals surface area contributed by atoms with Crippen molar-refractivity contribution in [3.05, 3.63) is 36.5 Å². The Kier molecular flexibility index (Phi) is 59.3. The Bertz CT molecular complexity index is 1360. The highest BCUT2D eigenvalue weighted by Crippen LogP contribution is 2.38. The highest BCUT2D eigenvalue weighted by Gasteiger charge is 2.23. The second-order valence-corrected chi connectivity index (χ2v) is 26.3. The molecular formula is C69H135N2O6P. The number of rotatable bonds is 64. The van der Waals surface area contributed by atoms with Gasteiger partial charge in [0.1, 0.15) is 13.2 Å². The normalized spacial score (nSPS) is 13.9. The van der Waals surface area contributed by atoms with Gasteiger partial charge in [-0.15, -0.1) is 0 Å². The first kappa shape index (κ1) is 76.7. The molecule has 0 aliphatic carbocycles. The van der Waals surface area contributed by atoms with Gasteiger partial charge in [0.25, 0.3) is 7.82 Å². The van der Waals surface area contributed by atoms with Crippen LogP contribution in [0.1, 0.15) is 348 Å². The number of likely N-dealkylation sites (N-methyl/N-ethyl adjacent to an activating group) is 1. The minimum atomic E-state index is -4.61. The van der Waals surface area contributed by atoms with Crippen molar-refractivity contribution in [2.45, 2.75) is 360 Å². The van der Waals surface area contributed by atoms with Crippen molar-refractivity contribution in [1.29, 1.82) is 0 Å². The Balaban J connectivity index is 4.12. The van der Waals surface area contributed by atoms with E-state index in [0.717, 1.165) is 44.9 Å². The fourth-order valence-electron chi connectivity index (χ4n) is 10.5. The SMILES string of the molecule is CCCCCCCCCCCCCCCCCCCCCCCC/C=C/CC/C=C/CC/C=C/C(O)C(COP(=O)([O-])OCC[N+](C)(C)C)NC(=O)CCCCCCCCCCCCCCCCCCCCCCCCCC. The van der Waals surface area contributed by atoms with Crippen LogP contribution >= 0.6 is 7.82 Å². The van der Waals surface area contributed by atoms with Crippen molar-refractivity contribution < 1.29 is 32.9 Å². The molecule has 0 aliphatic heterocycles. The number of nitrogens with one attached hydrogen (secondary N) is 1. The minimum Gasteiger partial charge on any atom is -0.756 e. The van der Waals surface area contributed by atoms with Crippen LogP contribution in [-0.4, -0.2) is 68.5 Å². The molecule has 9 heteroatoms. The summed E-state index contributed by atoms with van der Waals surface area (Å²) in [6.45, 7) is 4.68. The third-order valence-electron chi connectivity index (χ3n) is 15.8. The van der Waals surface area contributed by atoms with E-state index in [0.29, 0.717) is 17.4 Å². The van der Waals surface area contributed by atoms with Crippen molar-refractivity contribution in [1.82, 2.24) is 5.32 Å². The van der Waals surface area contributed by atoms with Gasteiger partial charge >= 0.3 is 0 Å².